The van der Waals surface area contributed by atoms with E-state index in [0.717, 1.165) is 27.6 Å². The Morgan fingerprint density at radius 2 is 2.12 bits per heavy atom. The van der Waals surface area contributed by atoms with Crippen LogP contribution >= 0.6 is 11.3 Å². The summed E-state index contributed by atoms with van der Waals surface area (Å²) in [6, 6.07) is 10.2. The molecular weight excluding hydrogens is 346 g/mol. The number of hydrogen-bond acceptors (Lipinski definition) is 4. The van der Waals surface area contributed by atoms with Gasteiger partial charge in [0.2, 0.25) is 5.91 Å². The second kappa shape index (κ2) is 5.81. The quantitative estimate of drug-likeness (QED) is 0.595. The van der Waals surface area contributed by atoms with Crippen LogP contribution in [0.4, 0.5) is 0 Å². The molecule has 4 aromatic rings. The lowest BCUT2D eigenvalue weighted by molar-refractivity contribution is -0.121. The molecule has 1 N–H and O–H groups in total. The zero-order chi connectivity index (χ0) is 17.7. The molecular formula is C19H17N5OS. The Kier molecular flexibility index (Phi) is 3.43. The highest BCUT2D eigenvalue weighted by atomic mass is 32.1. The highest BCUT2D eigenvalue weighted by molar-refractivity contribution is 7.17. The van der Waals surface area contributed by atoms with E-state index in [9.17, 15) is 4.79 Å². The maximum absolute atomic E-state index is 12.3. The summed E-state index contributed by atoms with van der Waals surface area (Å²) in [7, 11) is 0. The van der Waals surface area contributed by atoms with E-state index < -0.39 is 0 Å². The van der Waals surface area contributed by atoms with Gasteiger partial charge in [-0.05, 0) is 30.7 Å². The molecule has 130 valence electrons. The van der Waals surface area contributed by atoms with Gasteiger partial charge < -0.3 is 5.32 Å². The van der Waals surface area contributed by atoms with Crippen LogP contribution in [-0.2, 0) is 11.3 Å². The molecule has 1 aliphatic rings. The number of carbonyl (C=O) groups is 1. The Balaban J connectivity index is 1.62. The number of aromatic nitrogens is 4. The van der Waals surface area contributed by atoms with Gasteiger partial charge in [0.05, 0.1) is 23.6 Å². The molecule has 0 spiro atoms. The van der Waals surface area contributed by atoms with Gasteiger partial charge in [-0.2, -0.15) is 5.10 Å². The third-order valence-electron chi connectivity index (χ3n) is 4.79. The molecule has 0 fully saturated rings. The fourth-order valence-electron chi connectivity index (χ4n) is 3.61. The summed E-state index contributed by atoms with van der Waals surface area (Å²) < 4.78 is 3.98. The lowest BCUT2D eigenvalue weighted by atomic mass is 9.91. The molecule has 0 radical (unpaired) electrons. The van der Waals surface area contributed by atoms with Crippen molar-refractivity contribution < 1.29 is 4.79 Å². The largest absolute Gasteiger partial charge is 0.350 e. The number of fused-ring (bicyclic) bond motifs is 3. The van der Waals surface area contributed by atoms with E-state index in [1.54, 1.807) is 17.5 Å². The van der Waals surface area contributed by atoms with Gasteiger partial charge in [-0.3, -0.25) is 9.20 Å². The third-order valence-corrected chi connectivity index (χ3v) is 5.69. The molecule has 1 unspecified atom stereocenters. The Morgan fingerprint density at radius 3 is 2.88 bits per heavy atom. The number of nitrogens with one attached hydrogen (secondary N) is 1. The Labute approximate surface area is 154 Å². The van der Waals surface area contributed by atoms with Crippen LogP contribution in [0.1, 0.15) is 34.2 Å². The van der Waals surface area contributed by atoms with Crippen molar-refractivity contribution in [2.24, 2.45) is 0 Å². The maximum atomic E-state index is 12.3. The van der Waals surface area contributed by atoms with Crippen LogP contribution in [0, 0.1) is 6.92 Å². The van der Waals surface area contributed by atoms with Crippen molar-refractivity contribution in [2.45, 2.75) is 25.8 Å². The maximum Gasteiger partial charge on any atom is 0.221 e. The number of amides is 1. The number of hydrogen-bond donors (Lipinski definition) is 1. The molecule has 3 aromatic heterocycles. The van der Waals surface area contributed by atoms with E-state index in [1.165, 1.54) is 4.88 Å². The molecule has 5 rings (SSSR count). The Morgan fingerprint density at radius 1 is 1.27 bits per heavy atom. The molecule has 0 saturated heterocycles. The smallest absolute Gasteiger partial charge is 0.221 e. The molecule has 0 saturated carbocycles. The lowest BCUT2D eigenvalue weighted by Gasteiger charge is -2.16. The average Bonchev–Trinajstić information content (AvgIpc) is 3.32. The number of rotatable bonds is 2. The monoisotopic (exact) mass is 363 g/mol. The van der Waals surface area contributed by atoms with Crippen molar-refractivity contribution in [2.75, 3.05) is 0 Å². The van der Waals surface area contributed by atoms with E-state index >= 15 is 0 Å². The predicted molar refractivity (Wildman–Crippen MR) is 99.7 cm³/mol. The molecule has 1 atom stereocenters. The molecule has 6 nitrogen and oxygen atoms in total. The normalized spacial score (nSPS) is 17.1. The van der Waals surface area contributed by atoms with Crippen molar-refractivity contribution >= 4 is 22.2 Å². The average molecular weight is 363 g/mol. The highest BCUT2D eigenvalue weighted by Crippen LogP contribution is 2.35. The van der Waals surface area contributed by atoms with E-state index in [2.05, 4.69) is 40.1 Å². The third kappa shape index (κ3) is 2.43. The molecule has 26 heavy (non-hydrogen) atoms. The first kappa shape index (κ1) is 15.3. The minimum absolute atomic E-state index is 0.0110. The van der Waals surface area contributed by atoms with Crippen LogP contribution in [0.15, 0.2) is 48.9 Å². The standard InChI is InChI=1S/C19H17N5OS/c1-12-11-23-18-15(9-17(25)20-10-16(18)22-19(23)26-12)13-3-5-14(6-4-13)24-8-2-7-21-24/h2-8,11,15H,9-10H2,1H3,(H,20,25). The first-order valence-electron chi connectivity index (χ1n) is 8.53. The van der Waals surface area contributed by atoms with Crippen LogP contribution in [0.5, 0.6) is 0 Å². The molecule has 1 aromatic carbocycles. The zero-order valence-electron chi connectivity index (χ0n) is 14.2. The van der Waals surface area contributed by atoms with Gasteiger partial charge >= 0.3 is 0 Å². The Bertz CT molecular complexity index is 1090. The van der Waals surface area contributed by atoms with E-state index in [4.69, 9.17) is 4.98 Å². The first-order valence-corrected chi connectivity index (χ1v) is 9.34. The van der Waals surface area contributed by atoms with Crippen molar-refractivity contribution in [1.82, 2.24) is 24.5 Å². The Hall–Kier alpha value is -2.93. The van der Waals surface area contributed by atoms with Gasteiger partial charge in [-0.1, -0.05) is 12.1 Å². The topological polar surface area (TPSA) is 64.2 Å². The van der Waals surface area contributed by atoms with Gasteiger partial charge in [0.1, 0.15) is 0 Å². The SMILES string of the molecule is Cc1cn2c3c(nc2s1)CNC(=O)CC3c1ccc(-n2cccn2)cc1. The minimum Gasteiger partial charge on any atom is -0.350 e. The van der Waals surface area contributed by atoms with Crippen molar-refractivity contribution in [3.8, 4) is 5.69 Å². The second-order valence-electron chi connectivity index (χ2n) is 6.51. The van der Waals surface area contributed by atoms with E-state index in [0.29, 0.717) is 13.0 Å². The van der Waals surface area contributed by atoms with E-state index in [-0.39, 0.29) is 11.8 Å². The fraction of sp³-hybridized carbons (Fsp3) is 0.211. The summed E-state index contributed by atoms with van der Waals surface area (Å²) in [5.41, 5.74) is 4.20. The molecule has 1 aliphatic heterocycles. The van der Waals surface area contributed by atoms with E-state index in [1.807, 2.05) is 29.1 Å². The number of imidazole rings is 1. The van der Waals surface area contributed by atoms with Gasteiger partial charge in [-0.15, -0.1) is 11.3 Å². The minimum atomic E-state index is -0.0110. The zero-order valence-corrected chi connectivity index (χ0v) is 15.0. The molecule has 0 aliphatic carbocycles. The number of nitrogens with zero attached hydrogens (tertiary/aromatic N) is 4. The molecule has 1 amide bonds. The molecule has 0 bridgehead atoms. The van der Waals surface area contributed by atoms with Crippen molar-refractivity contribution in [3.05, 3.63) is 70.8 Å². The molecule has 7 heteroatoms. The summed E-state index contributed by atoms with van der Waals surface area (Å²) in [6.07, 6.45) is 6.22. The van der Waals surface area contributed by atoms with Gasteiger partial charge in [-0.25, -0.2) is 9.67 Å². The van der Waals surface area contributed by atoms with Crippen molar-refractivity contribution in [1.29, 1.82) is 0 Å². The second-order valence-corrected chi connectivity index (χ2v) is 7.73. The summed E-state index contributed by atoms with van der Waals surface area (Å²) in [4.78, 5) is 19.2. The summed E-state index contributed by atoms with van der Waals surface area (Å²) in [5, 5.41) is 7.24. The van der Waals surface area contributed by atoms with Crippen LogP contribution in [0.3, 0.4) is 0 Å². The van der Waals surface area contributed by atoms with Crippen LogP contribution in [0.2, 0.25) is 0 Å². The molecule has 4 heterocycles. The van der Waals surface area contributed by atoms with Gasteiger partial charge in [0, 0.05) is 35.8 Å². The number of benzene rings is 1. The summed E-state index contributed by atoms with van der Waals surface area (Å²) in [6.45, 7) is 2.57. The summed E-state index contributed by atoms with van der Waals surface area (Å²) in [5.74, 6) is 0.0491. The van der Waals surface area contributed by atoms with Crippen LogP contribution in [0.25, 0.3) is 10.6 Å². The van der Waals surface area contributed by atoms with Crippen LogP contribution in [-0.4, -0.2) is 25.1 Å². The lowest BCUT2D eigenvalue weighted by Crippen LogP contribution is -2.21. The van der Waals surface area contributed by atoms with Gasteiger partial charge in [0.15, 0.2) is 4.96 Å². The number of aryl methyl sites for hydroxylation is 1. The fourth-order valence-corrected chi connectivity index (χ4v) is 4.46. The van der Waals surface area contributed by atoms with Crippen LogP contribution < -0.4 is 5.32 Å². The highest BCUT2D eigenvalue weighted by Gasteiger charge is 2.29. The number of carbonyl (C=O) groups excluding carboxylic acids is 1. The number of thiazole rings is 1. The first-order chi connectivity index (χ1) is 12.7. The van der Waals surface area contributed by atoms with Crippen molar-refractivity contribution in [3.63, 3.8) is 0 Å². The van der Waals surface area contributed by atoms with Gasteiger partial charge in [0.25, 0.3) is 0 Å². The summed E-state index contributed by atoms with van der Waals surface area (Å²) >= 11 is 1.68. The predicted octanol–water partition coefficient (Wildman–Crippen LogP) is 3.04.